The minimum absolute atomic E-state index is 0.131. The largest absolute Gasteiger partial charge is 0.508 e. The van der Waals surface area contributed by atoms with Crippen LogP contribution < -0.4 is 9.47 Å². The van der Waals surface area contributed by atoms with E-state index in [1.54, 1.807) is 24.3 Å². The van der Waals surface area contributed by atoms with E-state index in [1.807, 2.05) is 0 Å². The average molecular weight is 547 g/mol. The monoisotopic (exact) mass is 546 g/mol. The summed E-state index contributed by atoms with van der Waals surface area (Å²) in [5.41, 5.74) is 2.30. The number of aliphatic hydroxyl groups excluding tert-OH is 2. The molecule has 2 aliphatic rings. The van der Waals surface area contributed by atoms with E-state index >= 15 is 0 Å². The Morgan fingerprint density at radius 3 is 1.80 bits per heavy atom. The van der Waals surface area contributed by atoms with E-state index in [9.17, 15) is 40.9 Å². The van der Waals surface area contributed by atoms with Gasteiger partial charge in [-0.05, 0) is 52.6 Å². The zero-order chi connectivity index (χ0) is 28.3. The summed E-state index contributed by atoms with van der Waals surface area (Å²) in [6, 6.07) is 15.9. The van der Waals surface area contributed by atoms with E-state index < -0.39 is 36.1 Å². The number of fused-ring (bicyclic) bond motifs is 2. The molecule has 4 aromatic carbocycles. The lowest BCUT2D eigenvalue weighted by Gasteiger charge is -2.38. The van der Waals surface area contributed by atoms with Crippen molar-refractivity contribution in [3.63, 3.8) is 0 Å². The van der Waals surface area contributed by atoms with Crippen LogP contribution in [0.4, 0.5) is 0 Å². The summed E-state index contributed by atoms with van der Waals surface area (Å²) in [5, 5.41) is 82.7. The van der Waals surface area contributed by atoms with Crippen molar-refractivity contribution in [2.45, 2.75) is 36.8 Å². The molecule has 2 heterocycles. The number of phenolic OH excluding ortho intramolecular Hbond substituents is 6. The SMILES string of the molecule is Oc1cc(O)c2c(c1)O[C@H](c1ccc(O)c(O)c1)[C@@H](O)[C@@H]2c1ccc2c(c1)C[C@H](O)[C@@H](c1ccc(O)c(O)c1)O2. The standard InChI is InChI=1S/C30H26O10/c31-17-11-22(36)27-25(12-17)40-30(15-2-5-19(33)21(35)9-15)28(38)26(27)13-3-6-24-16(7-13)10-23(37)29(39-24)14-1-4-18(32)20(34)8-14/h1-9,11-12,23,26,28-38H,10H2/t23-,26+,28-,29+,30+/m0/s1. The Hall–Kier alpha value is -4.80. The van der Waals surface area contributed by atoms with Crippen LogP contribution in [-0.4, -0.2) is 53.1 Å². The van der Waals surface area contributed by atoms with Crippen molar-refractivity contribution in [1.82, 2.24) is 0 Å². The fourth-order valence-electron chi connectivity index (χ4n) is 5.53. The fourth-order valence-corrected chi connectivity index (χ4v) is 5.53. The summed E-state index contributed by atoms with van der Waals surface area (Å²) in [6.45, 7) is 0. The highest BCUT2D eigenvalue weighted by molar-refractivity contribution is 5.58. The molecule has 2 aliphatic heterocycles. The highest BCUT2D eigenvalue weighted by atomic mass is 16.5. The first-order valence-electron chi connectivity index (χ1n) is 12.5. The number of aromatic hydroxyl groups is 6. The molecule has 0 spiro atoms. The maximum absolute atomic E-state index is 11.6. The molecule has 5 atom stereocenters. The van der Waals surface area contributed by atoms with Gasteiger partial charge >= 0.3 is 0 Å². The topological polar surface area (TPSA) is 180 Å². The van der Waals surface area contributed by atoms with Crippen molar-refractivity contribution in [2.75, 3.05) is 0 Å². The molecule has 4 aromatic rings. The molecule has 0 aliphatic carbocycles. The van der Waals surface area contributed by atoms with Gasteiger partial charge in [0.05, 0.1) is 6.10 Å². The van der Waals surface area contributed by atoms with E-state index in [0.717, 1.165) is 6.07 Å². The van der Waals surface area contributed by atoms with Gasteiger partial charge in [-0.1, -0.05) is 24.3 Å². The summed E-state index contributed by atoms with van der Waals surface area (Å²) in [4.78, 5) is 0. The summed E-state index contributed by atoms with van der Waals surface area (Å²) >= 11 is 0. The van der Waals surface area contributed by atoms with Crippen LogP contribution >= 0.6 is 0 Å². The van der Waals surface area contributed by atoms with Crippen LogP contribution in [0.25, 0.3) is 0 Å². The van der Waals surface area contributed by atoms with E-state index in [0.29, 0.717) is 28.0 Å². The van der Waals surface area contributed by atoms with Gasteiger partial charge in [0.2, 0.25) is 0 Å². The van der Waals surface area contributed by atoms with Gasteiger partial charge in [-0.15, -0.1) is 0 Å². The minimum atomic E-state index is -1.27. The van der Waals surface area contributed by atoms with Gasteiger partial charge in [0, 0.05) is 30.0 Å². The van der Waals surface area contributed by atoms with Gasteiger partial charge in [0.25, 0.3) is 0 Å². The lowest BCUT2D eigenvalue weighted by molar-refractivity contribution is 0.00692. The minimum Gasteiger partial charge on any atom is -0.508 e. The van der Waals surface area contributed by atoms with Crippen LogP contribution in [0.5, 0.6) is 46.0 Å². The summed E-state index contributed by atoms with van der Waals surface area (Å²) in [6.07, 6.45) is -3.91. The van der Waals surface area contributed by atoms with Gasteiger partial charge in [0.1, 0.15) is 35.2 Å². The Balaban J connectivity index is 1.40. The molecule has 40 heavy (non-hydrogen) atoms. The molecule has 0 aromatic heterocycles. The van der Waals surface area contributed by atoms with Gasteiger partial charge in [-0.2, -0.15) is 0 Å². The molecular formula is C30H26O10. The Kier molecular flexibility index (Phi) is 6.01. The molecule has 206 valence electrons. The molecule has 10 heteroatoms. The van der Waals surface area contributed by atoms with Gasteiger partial charge in [-0.25, -0.2) is 0 Å². The van der Waals surface area contributed by atoms with Crippen LogP contribution in [0.3, 0.4) is 0 Å². The molecule has 6 rings (SSSR count). The number of rotatable bonds is 3. The normalized spacial score (nSPS) is 23.4. The summed E-state index contributed by atoms with van der Waals surface area (Å²) in [7, 11) is 0. The van der Waals surface area contributed by atoms with Crippen LogP contribution in [-0.2, 0) is 6.42 Å². The average Bonchev–Trinajstić information content (AvgIpc) is 2.91. The first kappa shape index (κ1) is 25.5. The zero-order valence-corrected chi connectivity index (χ0v) is 20.8. The van der Waals surface area contributed by atoms with E-state index in [2.05, 4.69) is 0 Å². The molecule has 8 N–H and O–H groups in total. The summed E-state index contributed by atoms with van der Waals surface area (Å²) < 4.78 is 12.0. The third-order valence-corrected chi connectivity index (χ3v) is 7.45. The molecule has 0 bridgehead atoms. The Morgan fingerprint density at radius 1 is 0.550 bits per heavy atom. The van der Waals surface area contributed by atoms with E-state index in [1.165, 1.54) is 36.4 Å². The molecule has 10 nitrogen and oxygen atoms in total. The number of hydrogen-bond donors (Lipinski definition) is 8. The van der Waals surface area contributed by atoms with Crippen LogP contribution in [0.15, 0.2) is 66.7 Å². The highest BCUT2D eigenvalue weighted by Crippen LogP contribution is 2.51. The third-order valence-electron chi connectivity index (χ3n) is 7.45. The Labute approximate surface area is 227 Å². The van der Waals surface area contributed by atoms with Crippen LogP contribution in [0, 0.1) is 0 Å². The number of benzene rings is 4. The first-order chi connectivity index (χ1) is 19.1. The molecule has 0 fully saturated rings. The van der Waals surface area contributed by atoms with Crippen molar-refractivity contribution in [1.29, 1.82) is 0 Å². The van der Waals surface area contributed by atoms with Crippen LogP contribution in [0.2, 0.25) is 0 Å². The fraction of sp³-hybridized carbons (Fsp3) is 0.200. The maximum atomic E-state index is 11.6. The van der Waals surface area contributed by atoms with Crippen LogP contribution in [0.1, 0.15) is 45.9 Å². The summed E-state index contributed by atoms with van der Waals surface area (Å²) in [5.74, 6) is -2.12. The molecule has 0 radical (unpaired) electrons. The number of aliphatic hydroxyl groups is 2. The highest BCUT2D eigenvalue weighted by Gasteiger charge is 2.42. The van der Waals surface area contributed by atoms with Crippen molar-refractivity contribution in [2.24, 2.45) is 0 Å². The Bertz CT molecular complexity index is 1620. The molecule has 0 saturated heterocycles. The predicted molar refractivity (Wildman–Crippen MR) is 140 cm³/mol. The third kappa shape index (κ3) is 4.23. The second-order valence-electron chi connectivity index (χ2n) is 10.1. The molecular weight excluding hydrogens is 520 g/mol. The number of phenols is 6. The van der Waals surface area contributed by atoms with Crippen molar-refractivity contribution < 1.29 is 50.3 Å². The van der Waals surface area contributed by atoms with Gasteiger partial charge < -0.3 is 50.3 Å². The Morgan fingerprint density at radius 2 is 1.15 bits per heavy atom. The number of hydrogen-bond acceptors (Lipinski definition) is 10. The van der Waals surface area contributed by atoms with Crippen molar-refractivity contribution in [3.05, 3.63) is 94.5 Å². The second-order valence-corrected chi connectivity index (χ2v) is 10.1. The van der Waals surface area contributed by atoms with Gasteiger partial charge in [-0.3, -0.25) is 0 Å². The smallest absolute Gasteiger partial charge is 0.157 e. The van der Waals surface area contributed by atoms with E-state index in [4.69, 9.17) is 9.47 Å². The lowest BCUT2D eigenvalue weighted by Crippen LogP contribution is -2.35. The predicted octanol–water partition coefficient (Wildman–Crippen LogP) is 3.58. The number of ether oxygens (including phenoxy) is 2. The quantitative estimate of drug-likeness (QED) is 0.177. The molecule has 0 saturated carbocycles. The van der Waals surface area contributed by atoms with Gasteiger partial charge in [0.15, 0.2) is 29.1 Å². The van der Waals surface area contributed by atoms with Crippen molar-refractivity contribution >= 4 is 0 Å². The molecule has 0 amide bonds. The van der Waals surface area contributed by atoms with Crippen molar-refractivity contribution in [3.8, 4) is 46.0 Å². The first-order valence-corrected chi connectivity index (χ1v) is 12.5. The zero-order valence-electron chi connectivity index (χ0n) is 20.8. The molecule has 0 unspecified atom stereocenters. The van der Waals surface area contributed by atoms with E-state index in [-0.39, 0.29) is 46.5 Å². The maximum Gasteiger partial charge on any atom is 0.157 e. The lowest BCUT2D eigenvalue weighted by atomic mass is 9.78. The second kappa shape index (κ2) is 9.44.